The predicted octanol–water partition coefficient (Wildman–Crippen LogP) is 1.23. The molecule has 0 amide bonds. The van der Waals surface area contributed by atoms with Crippen LogP contribution in [0.2, 0.25) is 0 Å². The van der Waals surface area contributed by atoms with Crippen LogP contribution in [0, 0.1) is 0 Å². The number of ketones is 1. The van der Waals surface area contributed by atoms with Crippen LogP contribution in [0.4, 0.5) is 0 Å². The Bertz CT molecular complexity index is 281. The van der Waals surface area contributed by atoms with E-state index in [0.717, 1.165) is 4.47 Å². The molecule has 0 saturated heterocycles. The summed E-state index contributed by atoms with van der Waals surface area (Å²) in [6.45, 7) is 0. The van der Waals surface area contributed by atoms with E-state index in [4.69, 9.17) is 0 Å². The van der Waals surface area contributed by atoms with Crippen LogP contribution in [0.5, 0.6) is 0 Å². The number of aldehydes is 1. The summed E-state index contributed by atoms with van der Waals surface area (Å²) in [5.74, 6) is -0.600. The van der Waals surface area contributed by atoms with Crippen LogP contribution in [0.3, 0.4) is 0 Å². The lowest BCUT2D eigenvalue weighted by Crippen LogP contribution is -2.01. The second-order valence-corrected chi connectivity index (χ2v) is 2.76. The predicted molar refractivity (Wildman–Crippen MR) is 42.3 cm³/mol. The summed E-state index contributed by atoms with van der Waals surface area (Å²) in [6.07, 6.45) is 1.72. The van der Waals surface area contributed by atoms with E-state index in [1.54, 1.807) is 6.07 Å². The number of hydrogen-bond acceptors (Lipinski definition) is 3. The van der Waals surface area contributed by atoms with Gasteiger partial charge >= 0.3 is 0 Å². The van der Waals surface area contributed by atoms with Crippen molar-refractivity contribution in [2.45, 2.75) is 0 Å². The highest BCUT2D eigenvalue weighted by molar-refractivity contribution is 9.10. The molecule has 4 heteroatoms. The molecule has 0 saturated carbocycles. The highest BCUT2D eigenvalue weighted by Gasteiger charge is 2.03. The van der Waals surface area contributed by atoms with Gasteiger partial charge in [0.2, 0.25) is 5.78 Å². The SMILES string of the molecule is O=CC(=O)c1ccc(Br)cn1. The quantitative estimate of drug-likeness (QED) is 0.422. The van der Waals surface area contributed by atoms with E-state index in [0.29, 0.717) is 0 Å². The molecule has 11 heavy (non-hydrogen) atoms. The van der Waals surface area contributed by atoms with Crippen LogP contribution in [0.25, 0.3) is 0 Å². The van der Waals surface area contributed by atoms with E-state index >= 15 is 0 Å². The lowest BCUT2D eigenvalue weighted by Gasteiger charge is -1.91. The fourth-order valence-electron chi connectivity index (χ4n) is 0.582. The van der Waals surface area contributed by atoms with Gasteiger partial charge in [0.25, 0.3) is 0 Å². The summed E-state index contributed by atoms with van der Waals surface area (Å²) in [5, 5.41) is 0. The van der Waals surface area contributed by atoms with Crippen molar-refractivity contribution in [3.8, 4) is 0 Å². The van der Waals surface area contributed by atoms with E-state index in [9.17, 15) is 9.59 Å². The van der Waals surface area contributed by atoms with Gasteiger partial charge in [-0.25, -0.2) is 0 Å². The van der Waals surface area contributed by atoms with Gasteiger partial charge in [-0.05, 0) is 28.1 Å². The smallest absolute Gasteiger partial charge is 0.243 e. The van der Waals surface area contributed by atoms with Gasteiger partial charge in [-0.1, -0.05) is 0 Å². The van der Waals surface area contributed by atoms with Gasteiger partial charge in [-0.15, -0.1) is 0 Å². The molecule has 0 aromatic carbocycles. The van der Waals surface area contributed by atoms with Crippen molar-refractivity contribution in [3.05, 3.63) is 28.5 Å². The molecule has 0 unspecified atom stereocenters. The third kappa shape index (κ3) is 1.94. The minimum Gasteiger partial charge on any atom is -0.294 e. The van der Waals surface area contributed by atoms with Crippen molar-refractivity contribution in [1.82, 2.24) is 4.98 Å². The minimum atomic E-state index is -0.600. The first-order valence-corrected chi connectivity index (χ1v) is 3.64. The molecule has 1 rings (SSSR count). The number of nitrogens with zero attached hydrogens (tertiary/aromatic N) is 1. The molecule has 0 atom stereocenters. The molecule has 0 fully saturated rings. The summed E-state index contributed by atoms with van der Waals surface area (Å²) in [4.78, 5) is 24.4. The molecular formula is C7H4BrNO2. The second-order valence-electron chi connectivity index (χ2n) is 1.84. The van der Waals surface area contributed by atoms with Crippen LogP contribution >= 0.6 is 15.9 Å². The third-order valence-corrected chi connectivity index (χ3v) is 1.56. The average molecular weight is 214 g/mol. The Morgan fingerprint density at radius 1 is 1.55 bits per heavy atom. The summed E-state index contributed by atoms with van der Waals surface area (Å²) < 4.78 is 0.778. The number of carbonyl (C=O) groups excluding carboxylic acids is 2. The van der Waals surface area contributed by atoms with Gasteiger partial charge in [0, 0.05) is 10.7 Å². The molecule has 1 heterocycles. The highest BCUT2D eigenvalue weighted by Crippen LogP contribution is 2.06. The number of aromatic nitrogens is 1. The van der Waals surface area contributed by atoms with Crippen molar-refractivity contribution < 1.29 is 9.59 Å². The Balaban J connectivity index is 2.98. The largest absolute Gasteiger partial charge is 0.294 e. The highest BCUT2D eigenvalue weighted by atomic mass is 79.9. The zero-order valence-corrected chi connectivity index (χ0v) is 7.04. The summed E-state index contributed by atoms with van der Waals surface area (Å²) in [5.41, 5.74) is 0.170. The zero-order valence-electron chi connectivity index (χ0n) is 5.45. The van der Waals surface area contributed by atoms with Gasteiger partial charge in [0.1, 0.15) is 5.69 Å². The number of carbonyl (C=O) groups is 2. The van der Waals surface area contributed by atoms with E-state index in [1.165, 1.54) is 12.3 Å². The zero-order chi connectivity index (χ0) is 8.27. The Morgan fingerprint density at radius 3 is 2.73 bits per heavy atom. The molecule has 0 N–H and O–H groups in total. The van der Waals surface area contributed by atoms with Gasteiger partial charge in [0.05, 0.1) is 0 Å². The Labute approximate surface area is 71.6 Å². The third-order valence-electron chi connectivity index (χ3n) is 1.09. The standard InChI is InChI=1S/C7H4BrNO2/c8-5-1-2-6(9-3-5)7(11)4-10/h1-4H. The molecule has 0 bridgehead atoms. The second kappa shape index (κ2) is 3.39. The molecule has 0 aliphatic carbocycles. The van der Waals surface area contributed by atoms with Crippen LogP contribution in [0.15, 0.2) is 22.8 Å². The average Bonchev–Trinajstić information content (AvgIpc) is 2.05. The number of hydrogen-bond donors (Lipinski definition) is 0. The molecule has 56 valence electrons. The van der Waals surface area contributed by atoms with E-state index in [1.807, 2.05) is 0 Å². The first-order valence-electron chi connectivity index (χ1n) is 2.85. The van der Waals surface area contributed by atoms with E-state index in [2.05, 4.69) is 20.9 Å². The molecule has 0 spiro atoms. The molecular weight excluding hydrogens is 210 g/mol. The van der Waals surface area contributed by atoms with Crippen molar-refractivity contribution in [2.24, 2.45) is 0 Å². The fourth-order valence-corrected chi connectivity index (χ4v) is 0.816. The van der Waals surface area contributed by atoms with E-state index < -0.39 is 5.78 Å². The molecule has 0 radical (unpaired) electrons. The van der Waals surface area contributed by atoms with Crippen LogP contribution in [-0.2, 0) is 4.79 Å². The number of halogens is 1. The summed E-state index contributed by atoms with van der Waals surface area (Å²) in [7, 11) is 0. The fraction of sp³-hybridized carbons (Fsp3) is 0. The van der Waals surface area contributed by atoms with Gasteiger partial charge < -0.3 is 0 Å². The Morgan fingerprint density at radius 2 is 2.27 bits per heavy atom. The molecule has 0 aliphatic heterocycles. The molecule has 1 aromatic heterocycles. The lowest BCUT2D eigenvalue weighted by molar-refractivity contribution is -0.104. The molecule has 0 aliphatic rings. The monoisotopic (exact) mass is 213 g/mol. The summed E-state index contributed by atoms with van der Waals surface area (Å²) in [6, 6.07) is 3.14. The molecule has 3 nitrogen and oxygen atoms in total. The number of rotatable bonds is 2. The maximum absolute atomic E-state index is 10.7. The number of Topliss-reactive ketones (excluding diaryl/α,β-unsaturated/α-hetero) is 1. The van der Waals surface area contributed by atoms with Crippen molar-refractivity contribution >= 4 is 28.0 Å². The summed E-state index contributed by atoms with van der Waals surface area (Å²) >= 11 is 3.15. The van der Waals surface area contributed by atoms with Crippen LogP contribution in [0.1, 0.15) is 10.5 Å². The maximum Gasteiger partial charge on any atom is 0.243 e. The maximum atomic E-state index is 10.7. The van der Waals surface area contributed by atoms with Crippen LogP contribution in [-0.4, -0.2) is 17.1 Å². The Kier molecular flexibility index (Phi) is 2.48. The first kappa shape index (κ1) is 8.07. The van der Waals surface area contributed by atoms with Crippen molar-refractivity contribution in [3.63, 3.8) is 0 Å². The van der Waals surface area contributed by atoms with E-state index in [-0.39, 0.29) is 12.0 Å². The first-order chi connectivity index (χ1) is 5.24. The minimum absolute atomic E-state index is 0.170. The van der Waals surface area contributed by atoms with Gasteiger partial charge in [0.15, 0.2) is 6.29 Å². The van der Waals surface area contributed by atoms with Gasteiger partial charge in [-0.3, -0.25) is 14.6 Å². The Hall–Kier alpha value is -1.03. The van der Waals surface area contributed by atoms with Crippen molar-refractivity contribution in [2.75, 3.05) is 0 Å². The molecule has 1 aromatic rings. The number of pyridine rings is 1. The lowest BCUT2D eigenvalue weighted by atomic mass is 10.3. The van der Waals surface area contributed by atoms with Crippen LogP contribution < -0.4 is 0 Å². The topological polar surface area (TPSA) is 47.0 Å². The normalized spacial score (nSPS) is 9.18. The van der Waals surface area contributed by atoms with Crippen molar-refractivity contribution in [1.29, 1.82) is 0 Å². The van der Waals surface area contributed by atoms with Gasteiger partial charge in [-0.2, -0.15) is 0 Å².